The molecule has 0 radical (unpaired) electrons. The average Bonchev–Trinajstić information content (AvgIpc) is 3.34. The summed E-state index contributed by atoms with van der Waals surface area (Å²) in [6.45, 7) is 5.42. The monoisotopic (exact) mass is 501 g/mol. The zero-order valence-corrected chi connectivity index (χ0v) is 21.2. The molecule has 1 unspecified atom stereocenters. The van der Waals surface area contributed by atoms with Gasteiger partial charge in [0, 0.05) is 42.8 Å². The number of hydrogen-bond donors (Lipinski definition) is 2. The van der Waals surface area contributed by atoms with Crippen LogP contribution in [0.1, 0.15) is 38.2 Å². The largest absolute Gasteiger partial charge is 0.341 e. The number of nitrogens with one attached hydrogen (secondary N) is 2. The summed E-state index contributed by atoms with van der Waals surface area (Å²) in [5, 5.41) is 1.57. The zero-order chi connectivity index (χ0) is 24.1. The van der Waals surface area contributed by atoms with Gasteiger partial charge in [0.25, 0.3) is 0 Å². The SMILES string of the molecule is Cc1cnc2c(S(=O)(=O)NC(CCCSc3ncc[nH]3)C(=O)N3CCC(C)CC3)cccc2c1. The lowest BCUT2D eigenvalue weighted by atomic mass is 9.98. The van der Waals surface area contributed by atoms with Crippen molar-refractivity contribution in [1.82, 2.24) is 24.6 Å². The van der Waals surface area contributed by atoms with E-state index in [-0.39, 0.29) is 10.8 Å². The first kappa shape index (κ1) is 24.7. The first-order valence-electron chi connectivity index (χ1n) is 11.6. The Balaban J connectivity index is 1.53. The molecule has 10 heteroatoms. The number of likely N-dealkylation sites (tertiary alicyclic amines) is 1. The highest BCUT2D eigenvalue weighted by Crippen LogP contribution is 2.24. The van der Waals surface area contributed by atoms with E-state index in [1.165, 1.54) is 0 Å². The van der Waals surface area contributed by atoms with Crippen LogP contribution in [0, 0.1) is 12.8 Å². The highest BCUT2D eigenvalue weighted by Gasteiger charge is 2.31. The number of aromatic nitrogens is 3. The molecule has 3 aromatic rings. The van der Waals surface area contributed by atoms with Gasteiger partial charge in [-0.2, -0.15) is 4.72 Å². The molecule has 1 atom stereocenters. The third-order valence-corrected chi connectivity index (χ3v) is 8.63. The molecule has 0 bridgehead atoms. The molecule has 0 aliphatic carbocycles. The van der Waals surface area contributed by atoms with E-state index in [2.05, 4.69) is 26.6 Å². The Hall–Kier alpha value is -2.43. The number of H-pyrrole nitrogens is 1. The number of thioether (sulfide) groups is 1. The summed E-state index contributed by atoms with van der Waals surface area (Å²) in [5.41, 5.74) is 1.36. The summed E-state index contributed by atoms with van der Waals surface area (Å²) >= 11 is 1.56. The molecule has 182 valence electrons. The van der Waals surface area contributed by atoms with Crippen molar-refractivity contribution in [1.29, 1.82) is 0 Å². The molecule has 1 saturated heterocycles. The fourth-order valence-electron chi connectivity index (χ4n) is 4.18. The number of nitrogens with zero attached hydrogens (tertiary/aromatic N) is 3. The number of sulfonamides is 1. The number of carbonyl (C=O) groups excluding carboxylic acids is 1. The van der Waals surface area contributed by atoms with Gasteiger partial charge in [-0.1, -0.05) is 30.8 Å². The Morgan fingerprint density at radius 2 is 2.09 bits per heavy atom. The zero-order valence-electron chi connectivity index (χ0n) is 19.5. The van der Waals surface area contributed by atoms with Crippen LogP contribution in [0.5, 0.6) is 0 Å². The topological polar surface area (TPSA) is 108 Å². The van der Waals surface area contributed by atoms with Crippen LogP contribution in [0.15, 0.2) is 52.9 Å². The third kappa shape index (κ3) is 5.97. The molecule has 34 heavy (non-hydrogen) atoms. The number of fused-ring (bicyclic) bond motifs is 1. The van der Waals surface area contributed by atoms with Gasteiger partial charge < -0.3 is 9.88 Å². The van der Waals surface area contributed by atoms with Gasteiger partial charge in [0.2, 0.25) is 15.9 Å². The number of benzene rings is 1. The minimum Gasteiger partial charge on any atom is -0.341 e. The standard InChI is InChI=1S/C24H31N5O3S2/c1-17-8-12-29(13-9-17)23(30)20(6-4-14-33-24-25-10-11-26-24)28-34(31,32)21-7-3-5-19-15-18(2)16-27-22(19)21/h3,5,7,10-11,15-17,20,28H,4,6,8-9,12-14H2,1-2H3,(H,25,26). The Morgan fingerprint density at radius 3 is 2.82 bits per heavy atom. The van der Waals surface area contributed by atoms with Gasteiger partial charge >= 0.3 is 0 Å². The van der Waals surface area contributed by atoms with Crippen molar-refractivity contribution >= 4 is 38.6 Å². The molecule has 0 spiro atoms. The second kappa shape index (κ2) is 10.9. The number of aryl methyl sites for hydroxylation is 1. The molecule has 8 nitrogen and oxygen atoms in total. The average molecular weight is 502 g/mol. The highest BCUT2D eigenvalue weighted by atomic mass is 32.2. The third-order valence-electron chi connectivity index (χ3n) is 6.14. The Kier molecular flexibility index (Phi) is 7.90. The molecular weight excluding hydrogens is 470 g/mol. The first-order valence-corrected chi connectivity index (χ1v) is 14.1. The van der Waals surface area contributed by atoms with Crippen molar-refractivity contribution in [2.45, 2.75) is 55.6 Å². The maximum absolute atomic E-state index is 13.5. The number of piperidine rings is 1. The van der Waals surface area contributed by atoms with Crippen molar-refractivity contribution in [3.05, 3.63) is 48.4 Å². The summed E-state index contributed by atoms with van der Waals surface area (Å²) in [5.74, 6) is 1.15. The lowest BCUT2D eigenvalue weighted by molar-refractivity contribution is -0.134. The summed E-state index contributed by atoms with van der Waals surface area (Å²) in [6.07, 6.45) is 8.07. The Bertz CT molecular complexity index is 1220. The Labute approximate surface area is 205 Å². The predicted molar refractivity (Wildman–Crippen MR) is 134 cm³/mol. The number of pyridine rings is 1. The van der Waals surface area contributed by atoms with Crippen LogP contribution < -0.4 is 4.72 Å². The fraction of sp³-hybridized carbons (Fsp3) is 0.458. The van der Waals surface area contributed by atoms with Crippen molar-refractivity contribution in [3.8, 4) is 0 Å². The van der Waals surface area contributed by atoms with Gasteiger partial charge in [-0.25, -0.2) is 13.4 Å². The molecule has 2 N–H and O–H groups in total. The molecule has 1 amide bonds. The number of para-hydroxylation sites is 1. The van der Waals surface area contributed by atoms with Crippen LogP contribution in [0.3, 0.4) is 0 Å². The number of aromatic amines is 1. The van der Waals surface area contributed by atoms with Gasteiger partial charge in [0.15, 0.2) is 5.16 Å². The molecule has 3 heterocycles. The van der Waals surface area contributed by atoms with Crippen molar-refractivity contribution in [2.75, 3.05) is 18.8 Å². The first-order chi connectivity index (χ1) is 16.3. The van der Waals surface area contributed by atoms with Gasteiger partial charge in [0.05, 0.1) is 5.52 Å². The van der Waals surface area contributed by atoms with E-state index in [0.717, 1.165) is 34.7 Å². The summed E-state index contributed by atoms with van der Waals surface area (Å²) < 4.78 is 29.6. The van der Waals surface area contributed by atoms with Crippen LogP contribution in [-0.2, 0) is 14.8 Å². The number of carbonyl (C=O) groups is 1. The fourth-order valence-corrected chi connectivity index (χ4v) is 6.37. The Morgan fingerprint density at radius 1 is 1.29 bits per heavy atom. The molecule has 4 rings (SSSR count). The van der Waals surface area contributed by atoms with E-state index in [4.69, 9.17) is 0 Å². The van der Waals surface area contributed by atoms with E-state index >= 15 is 0 Å². The van der Waals surface area contributed by atoms with Crippen molar-refractivity contribution in [2.24, 2.45) is 5.92 Å². The second-order valence-electron chi connectivity index (χ2n) is 8.91. The quantitative estimate of drug-likeness (QED) is 0.342. The summed E-state index contributed by atoms with van der Waals surface area (Å²) in [4.78, 5) is 26.9. The smallest absolute Gasteiger partial charge is 0.243 e. The molecule has 2 aromatic heterocycles. The molecular formula is C24H31N5O3S2. The van der Waals surface area contributed by atoms with E-state index in [1.807, 2.05) is 19.1 Å². The molecule has 0 saturated carbocycles. The number of rotatable bonds is 9. The van der Waals surface area contributed by atoms with Crippen LogP contribution in [0.2, 0.25) is 0 Å². The van der Waals surface area contributed by atoms with Gasteiger partial charge in [-0.05, 0) is 56.2 Å². The second-order valence-corrected chi connectivity index (χ2v) is 11.7. The van der Waals surface area contributed by atoms with Crippen molar-refractivity contribution in [3.63, 3.8) is 0 Å². The maximum atomic E-state index is 13.5. The maximum Gasteiger partial charge on any atom is 0.243 e. The number of amides is 1. The molecule has 1 fully saturated rings. The highest BCUT2D eigenvalue weighted by molar-refractivity contribution is 7.99. The minimum absolute atomic E-state index is 0.0972. The molecule has 1 aliphatic rings. The minimum atomic E-state index is -3.96. The van der Waals surface area contributed by atoms with Crippen LogP contribution in [-0.4, -0.2) is 59.1 Å². The lowest BCUT2D eigenvalue weighted by Gasteiger charge is -2.33. The number of hydrogen-bond acceptors (Lipinski definition) is 6. The van der Waals surface area contributed by atoms with E-state index < -0.39 is 16.1 Å². The van der Waals surface area contributed by atoms with E-state index in [1.54, 1.807) is 47.4 Å². The van der Waals surface area contributed by atoms with Gasteiger partial charge in [0.1, 0.15) is 10.9 Å². The predicted octanol–water partition coefficient (Wildman–Crippen LogP) is 3.74. The lowest BCUT2D eigenvalue weighted by Crippen LogP contribution is -2.50. The van der Waals surface area contributed by atoms with Crippen LogP contribution in [0.4, 0.5) is 0 Å². The van der Waals surface area contributed by atoms with Gasteiger partial charge in [-0.15, -0.1) is 0 Å². The molecule has 1 aromatic carbocycles. The van der Waals surface area contributed by atoms with Gasteiger partial charge in [-0.3, -0.25) is 9.78 Å². The van der Waals surface area contributed by atoms with Crippen molar-refractivity contribution < 1.29 is 13.2 Å². The summed E-state index contributed by atoms with van der Waals surface area (Å²) in [7, 11) is -3.96. The van der Waals surface area contributed by atoms with Crippen LogP contribution >= 0.6 is 11.8 Å². The molecule has 1 aliphatic heterocycles. The van der Waals surface area contributed by atoms with Crippen LogP contribution in [0.25, 0.3) is 10.9 Å². The summed E-state index contributed by atoms with van der Waals surface area (Å²) in [6, 6.07) is 6.18. The van der Waals surface area contributed by atoms with E-state index in [9.17, 15) is 13.2 Å². The number of imidazole rings is 1. The van der Waals surface area contributed by atoms with E-state index in [0.29, 0.717) is 37.4 Å². The normalized spacial score (nSPS) is 16.1.